The van der Waals surface area contributed by atoms with Crippen LogP contribution in [0, 0.1) is 0 Å². The Bertz CT molecular complexity index is 1320. The van der Waals surface area contributed by atoms with Crippen LogP contribution in [0.2, 0.25) is 0 Å². The average Bonchev–Trinajstić information content (AvgIpc) is 3.43. The van der Waals surface area contributed by atoms with Crippen molar-refractivity contribution in [3.63, 3.8) is 0 Å². The highest BCUT2D eigenvalue weighted by molar-refractivity contribution is 5.94. The average molecular weight is 434 g/mol. The molecule has 3 heterocycles. The summed E-state index contributed by atoms with van der Waals surface area (Å²) in [6.45, 7) is 4.86. The highest BCUT2D eigenvalue weighted by Crippen LogP contribution is 2.42. The largest absolute Gasteiger partial charge is 0.388 e. The van der Waals surface area contributed by atoms with Crippen LogP contribution >= 0.6 is 0 Å². The molecule has 164 valence electrons. The van der Waals surface area contributed by atoms with Crippen molar-refractivity contribution in [2.45, 2.75) is 19.3 Å². The predicted octanol–water partition coefficient (Wildman–Crippen LogP) is 5.78. The summed E-state index contributed by atoms with van der Waals surface area (Å²) in [5.41, 5.74) is 7.06. The number of nitrogens with zero attached hydrogens (tertiary/aromatic N) is 3. The Hall–Kier alpha value is -3.61. The number of rotatable bonds is 5. The van der Waals surface area contributed by atoms with E-state index < -0.39 is 6.43 Å². The van der Waals surface area contributed by atoms with Gasteiger partial charge in [0.05, 0.1) is 6.20 Å². The highest BCUT2D eigenvalue weighted by atomic mass is 19.3. The van der Waals surface area contributed by atoms with Crippen molar-refractivity contribution >= 4 is 28.0 Å². The fraction of sp³-hybridized carbons (Fsp3) is 0.240. The van der Waals surface area contributed by atoms with Gasteiger partial charge >= 0.3 is 0 Å². The molecule has 0 unspecified atom stereocenters. The van der Waals surface area contributed by atoms with Gasteiger partial charge in [-0.1, -0.05) is 6.58 Å². The third-order valence-corrected chi connectivity index (χ3v) is 6.22. The zero-order valence-electron chi connectivity index (χ0n) is 18.1. The Kier molecular flexibility index (Phi) is 4.96. The van der Waals surface area contributed by atoms with Gasteiger partial charge in [0, 0.05) is 77.7 Å². The van der Waals surface area contributed by atoms with E-state index in [2.05, 4.69) is 32.9 Å². The monoisotopic (exact) mass is 433 g/mol. The SMILES string of the molecule is C=C(NC)c1c[nH]c2ccc(N3CCCc4cc(-c5cnn(C)c5)c(C(F)F)cc43)cc12. The van der Waals surface area contributed by atoms with Crippen LogP contribution in [-0.4, -0.2) is 28.4 Å². The third-order valence-electron chi connectivity index (χ3n) is 6.22. The molecule has 5 rings (SSSR count). The number of aromatic nitrogens is 3. The maximum Gasteiger partial charge on any atom is 0.264 e. The molecule has 32 heavy (non-hydrogen) atoms. The van der Waals surface area contributed by atoms with Crippen molar-refractivity contribution in [1.29, 1.82) is 0 Å². The van der Waals surface area contributed by atoms with E-state index in [0.29, 0.717) is 11.1 Å². The molecular weight excluding hydrogens is 408 g/mol. The molecule has 1 aliphatic rings. The minimum Gasteiger partial charge on any atom is -0.388 e. The number of H-pyrrole nitrogens is 1. The van der Waals surface area contributed by atoms with Gasteiger partial charge in [0.15, 0.2) is 0 Å². The molecule has 4 aromatic rings. The van der Waals surface area contributed by atoms with Crippen LogP contribution in [0.3, 0.4) is 0 Å². The number of anilines is 2. The van der Waals surface area contributed by atoms with E-state index in [1.165, 1.54) is 0 Å². The molecule has 7 heteroatoms. The van der Waals surface area contributed by atoms with E-state index in [1.807, 2.05) is 31.4 Å². The van der Waals surface area contributed by atoms with Gasteiger partial charge in [-0.2, -0.15) is 5.10 Å². The van der Waals surface area contributed by atoms with Crippen LogP contribution in [-0.2, 0) is 13.5 Å². The summed E-state index contributed by atoms with van der Waals surface area (Å²) < 4.78 is 29.8. The number of hydrogen-bond acceptors (Lipinski definition) is 3. The Balaban J connectivity index is 1.63. The maximum absolute atomic E-state index is 14.1. The fourth-order valence-electron chi connectivity index (χ4n) is 4.57. The summed E-state index contributed by atoms with van der Waals surface area (Å²) in [6, 6.07) is 9.76. The Morgan fingerprint density at radius 1 is 1.25 bits per heavy atom. The van der Waals surface area contributed by atoms with Crippen LogP contribution < -0.4 is 10.2 Å². The van der Waals surface area contributed by atoms with Gasteiger partial charge in [-0.05, 0) is 54.3 Å². The Morgan fingerprint density at radius 3 is 2.81 bits per heavy atom. The number of nitrogens with one attached hydrogen (secondary N) is 2. The first-order chi connectivity index (χ1) is 15.5. The lowest BCUT2D eigenvalue weighted by atomic mass is 9.92. The summed E-state index contributed by atoms with van der Waals surface area (Å²) in [7, 11) is 3.64. The topological polar surface area (TPSA) is 48.9 Å². The number of aryl methyl sites for hydroxylation is 2. The molecule has 0 spiro atoms. The first-order valence-electron chi connectivity index (χ1n) is 10.7. The highest BCUT2D eigenvalue weighted by Gasteiger charge is 2.25. The second kappa shape index (κ2) is 7.82. The molecule has 0 aliphatic carbocycles. The molecule has 2 aromatic carbocycles. The molecule has 0 fully saturated rings. The van der Waals surface area contributed by atoms with Gasteiger partial charge in [0.1, 0.15) is 0 Å². The van der Waals surface area contributed by atoms with E-state index in [9.17, 15) is 8.78 Å². The summed E-state index contributed by atoms with van der Waals surface area (Å²) in [5.74, 6) is 0. The molecule has 0 amide bonds. The van der Waals surface area contributed by atoms with Gasteiger partial charge in [-0.3, -0.25) is 4.68 Å². The lowest BCUT2D eigenvalue weighted by molar-refractivity contribution is 0.152. The molecular formula is C25H25F2N5. The standard InChI is InChI=1S/C25H25F2N5/c1-15(28-2)22-13-29-23-7-6-18(10-20(22)23)32-8-4-5-16-9-19(17-12-30-31(3)14-17)21(25(26)27)11-24(16)32/h6-7,9-14,25,28-29H,1,4-5,8H2,2-3H3. The first-order valence-corrected chi connectivity index (χ1v) is 10.7. The molecule has 0 saturated carbocycles. The van der Waals surface area contributed by atoms with Gasteiger partial charge in [-0.25, -0.2) is 8.78 Å². The van der Waals surface area contributed by atoms with E-state index >= 15 is 0 Å². The summed E-state index contributed by atoms with van der Waals surface area (Å²) in [5, 5.41) is 8.32. The number of fused-ring (bicyclic) bond motifs is 2. The number of aromatic amines is 1. The maximum atomic E-state index is 14.1. The minimum atomic E-state index is -2.57. The van der Waals surface area contributed by atoms with E-state index in [4.69, 9.17) is 0 Å². The van der Waals surface area contributed by atoms with Gasteiger partial charge in [-0.15, -0.1) is 0 Å². The van der Waals surface area contributed by atoms with Crippen molar-refractivity contribution in [1.82, 2.24) is 20.1 Å². The number of alkyl halides is 2. The molecule has 2 aromatic heterocycles. The smallest absolute Gasteiger partial charge is 0.264 e. The van der Waals surface area contributed by atoms with E-state index in [-0.39, 0.29) is 5.56 Å². The summed E-state index contributed by atoms with van der Waals surface area (Å²) in [4.78, 5) is 5.43. The molecule has 0 radical (unpaired) electrons. The van der Waals surface area contributed by atoms with Gasteiger partial charge < -0.3 is 15.2 Å². The second-order valence-electron chi connectivity index (χ2n) is 8.19. The van der Waals surface area contributed by atoms with E-state index in [0.717, 1.165) is 58.5 Å². The predicted molar refractivity (Wildman–Crippen MR) is 125 cm³/mol. The van der Waals surface area contributed by atoms with Crippen LogP contribution in [0.15, 0.2) is 55.5 Å². The number of benzene rings is 2. The number of halogens is 2. The molecule has 0 saturated heterocycles. The summed E-state index contributed by atoms with van der Waals surface area (Å²) in [6.07, 6.45) is 4.60. The molecule has 0 bridgehead atoms. The fourth-order valence-corrected chi connectivity index (χ4v) is 4.57. The molecule has 5 nitrogen and oxygen atoms in total. The Morgan fingerprint density at radius 2 is 2.09 bits per heavy atom. The zero-order chi connectivity index (χ0) is 22.4. The minimum absolute atomic E-state index is 0.0376. The first kappa shape index (κ1) is 20.3. The Labute approximate surface area is 185 Å². The molecule has 1 aliphatic heterocycles. The lowest BCUT2D eigenvalue weighted by Gasteiger charge is -2.32. The van der Waals surface area contributed by atoms with Crippen molar-refractivity contribution in [2.24, 2.45) is 7.05 Å². The van der Waals surface area contributed by atoms with Crippen molar-refractivity contribution in [3.05, 3.63) is 72.2 Å². The molecule has 2 N–H and O–H groups in total. The second-order valence-corrected chi connectivity index (χ2v) is 8.19. The van der Waals surface area contributed by atoms with Crippen molar-refractivity contribution < 1.29 is 8.78 Å². The summed E-state index contributed by atoms with van der Waals surface area (Å²) >= 11 is 0. The zero-order valence-corrected chi connectivity index (χ0v) is 18.1. The number of hydrogen-bond donors (Lipinski definition) is 2. The quantitative estimate of drug-likeness (QED) is 0.419. The van der Waals surface area contributed by atoms with Crippen LogP contribution in [0.25, 0.3) is 27.7 Å². The van der Waals surface area contributed by atoms with Crippen LogP contribution in [0.4, 0.5) is 20.2 Å². The van der Waals surface area contributed by atoms with E-state index in [1.54, 1.807) is 30.2 Å². The third kappa shape index (κ3) is 3.34. The lowest BCUT2D eigenvalue weighted by Crippen LogP contribution is -2.25. The molecule has 0 atom stereocenters. The normalized spacial score (nSPS) is 13.6. The van der Waals surface area contributed by atoms with Crippen molar-refractivity contribution in [3.8, 4) is 11.1 Å². The van der Waals surface area contributed by atoms with Crippen LogP contribution in [0.5, 0.6) is 0 Å². The van der Waals surface area contributed by atoms with Crippen molar-refractivity contribution in [2.75, 3.05) is 18.5 Å². The van der Waals surface area contributed by atoms with Gasteiger partial charge in [0.25, 0.3) is 6.43 Å². The van der Waals surface area contributed by atoms with Crippen LogP contribution in [0.1, 0.15) is 29.5 Å². The van der Waals surface area contributed by atoms with Gasteiger partial charge in [0.2, 0.25) is 0 Å².